The van der Waals surface area contributed by atoms with Gasteiger partial charge in [0.2, 0.25) is 0 Å². The lowest BCUT2D eigenvalue weighted by atomic mass is 10.1. The first-order valence-electron chi connectivity index (χ1n) is 8.66. The smallest absolute Gasteiger partial charge is 0.300 e. The third kappa shape index (κ3) is 3.51. The van der Waals surface area contributed by atoms with Gasteiger partial charge < -0.3 is 19.9 Å². The van der Waals surface area contributed by atoms with Crippen molar-refractivity contribution in [2.24, 2.45) is 10.7 Å². The number of hydrogen-bond acceptors (Lipinski definition) is 5. The summed E-state index contributed by atoms with van der Waals surface area (Å²) in [7, 11) is 0. The summed E-state index contributed by atoms with van der Waals surface area (Å²) in [5.41, 5.74) is 7.76. The molecule has 1 aromatic carbocycles. The lowest BCUT2D eigenvalue weighted by Crippen LogP contribution is -2.22. The highest BCUT2D eigenvalue weighted by atomic mass is 16.8. The number of aliphatic imine (C=N–C) groups is 1. The van der Waals surface area contributed by atoms with Gasteiger partial charge in [-0.1, -0.05) is 39.0 Å². The summed E-state index contributed by atoms with van der Waals surface area (Å²) in [6.07, 6.45) is 7.53. The molecule has 5 nitrogen and oxygen atoms in total. The summed E-state index contributed by atoms with van der Waals surface area (Å²) in [6.45, 7) is 4.04. The van der Waals surface area contributed by atoms with Crippen molar-refractivity contribution in [3.63, 3.8) is 0 Å². The number of ether oxygens (including phenoxy) is 3. The predicted molar refractivity (Wildman–Crippen MR) is 89.6 cm³/mol. The number of hydrogen-bond donors (Lipinski definition) is 1. The van der Waals surface area contributed by atoms with Gasteiger partial charge in [0.15, 0.2) is 0 Å². The van der Waals surface area contributed by atoms with E-state index in [2.05, 4.69) is 11.9 Å². The topological polar surface area (TPSA) is 66.1 Å². The Hall–Kier alpha value is -1.59. The van der Waals surface area contributed by atoms with Crippen LogP contribution in [-0.4, -0.2) is 25.7 Å². The van der Waals surface area contributed by atoms with Gasteiger partial charge in [0, 0.05) is 11.1 Å². The Balaban J connectivity index is 1.53. The first kappa shape index (κ1) is 16.3. The van der Waals surface area contributed by atoms with Gasteiger partial charge in [-0.3, -0.25) is 0 Å². The standard InChI is InChI=1S/C18H26N2O3/c1-2-3-4-5-6-7-10-21-14-8-9-16-15(13-14)17(19)20-18(16)22-11-12-23-18/h8-9,13H,2-7,10-12H2,1H3,(H2,19,20). The lowest BCUT2D eigenvalue weighted by Gasteiger charge is -2.19. The van der Waals surface area contributed by atoms with E-state index in [0.717, 1.165) is 29.9 Å². The van der Waals surface area contributed by atoms with Gasteiger partial charge in [-0.05, 0) is 24.6 Å². The molecule has 2 aliphatic rings. The van der Waals surface area contributed by atoms with Gasteiger partial charge in [-0.25, -0.2) is 4.99 Å². The maximum absolute atomic E-state index is 6.03. The third-order valence-corrected chi connectivity index (χ3v) is 4.32. The van der Waals surface area contributed by atoms with Crippen molar-refractivity contribution in [3.05, 3.63) is 29.3 Å². The second-order valence-electron chi connectivity index (χ2n) is 6.10. The Morgan fingerprint density at radius 1 is 1.13 bits per heavy atom. The maximum atomic E-state index is 6.03. The lowest BCUT2D eigenvalue weighted by molar-refractivity contribution is -0.155. The summed E-state index contributed by atoms with van der Waals surface area (Å²) in [5.74, 6) is 0.259. The van der Waals surface area contributed by atoms with Crippen LogP contribution in [0.15, 0.2) is 23.2 Å². The minimum absolute atomic E-state index is 0.451. The number of fused-ring (bicyclic) bond motifs is 2. The van der Waals surface area contributed by atoms with E-state index in [1.54, 1.807) is 0 Å². The fraction of sp³-hybridized carbons (Fsp3) is 0.611. The molecule has 2 aliphatic heterocycles. The maximum Gasteiger partial charge on any atom is 0.300 e. The number of nitrogens with two attached hydrogens (primary N) is 1. The molecule has 0 radical (unpaired) electrons. The van der Waals surface area contributed by atoms with Gasteiger partial charge in [-0.15, -0.1) is 0 Å². The summed E-state index contributed by atoms with van der Waals surface area (Å²) in [5, 5.41) is 0. The molecule has 0 atom stereocenters. The molecule has 1 fully saturated rings. The van der Waals surface area contributed by atoms with Crippen molar-refractivity contribution < 1.29 is 14.2 Å². The Morgan fingerprint density at radius 3 is 2.65 bits per heavy atom. The van der Waals surface area contributed by atoms with Gasteiger partial charge in [0.25, 0.3) is 0 Å². The molecule has 5 heteroatoms. The van der Waals surface area contributed by atoms with Gasteiger partial charge in [0.1, 0.15) is 11.6 Å². The van der Waals surface area contributed by atoms with Crippen molar-refractivity contribution in [1.29, 1.82) is 0 Å². The SMILES string of the molecule is CCCCCCCCOc1ccc2c(c1)C(N)=NC21OCCO1. The van der Waals surface area contributed by atoms with E-state index in [4.69, 9.17) is 19.9 Å². The average molecular weight is 318 g/mol. The molecule has 0 aliphatic carbocycles. The van der Waals surface area contributed by atoms with E-state index < -0.39 is 5.91 Å². The molecule has 126 valence electrons. The highest BCUT2D eigenvalue weighted by Crippen LogP contribution is 2.40. The average Bonchev–Trinajstić information content (AvgIpc) is 3.13. The molecule has 0 bridgehead atoms. The predicted octanol–water partition coefficient (Wildman–Crippen LogP) is 3.30. The molecule has 0 saturated carbocycles. The van der Waals surface area contributed by atoms with Gasteiger partial charge >= 0.3 is 5.91 Å². The Labute approximate surface area is 137 Å². The van der Waals surface area contributed by atoms with Gasteiger partial charge in [0.05, 0.1) is 19.8 Å². The second-order valence-corrected chi connectivity index (χ2v) is 6.10. The van der Waals surface area contributed by atoms with Crippen LogP contribution >= 0.6 is 0 Å². The zero-order valence-electron chi connectivity index (χ0n) is 13.8. The monoisotopic (exact) mass is 318 g/mol. The first-order valence-corrected chi connectivity index (χ1v) is 8.66. The molecule has 1 saturated heterocycles. The molecule has 1 aromatic rings. The minimum Gasteiger partial charge on any atom is -0.494 e. The summed E-state index contributed by atoms with van der Waals surface area (Å²) >= 11 is 0. The van der Waals surface area contributed by atoms with Crippen LogP contribution in [0, 0.1) is 0 Å². The molecule has 1 spiro atoms. The fourth-order valence-corrected chi connectivity index (χ4v) is 3.07. The van der Waals surface area contributed by atoms with Crippen LogP contribution in [0.1, 0.15) is 56.6 Å². The van der Waals surface area contributed by atoms with Crippen LogP contribution in [0.5, 0.6) is 5.75 Å². The molecular weight excluding hydrogens is 292 g/mol. The third-order valence-electron chi connectivity index (χ3n) is 4.32. The summed E-state index contributed by atoms with van der Waals surface area (Å²) in [6, 6.07) is 5.82. The van der Waals surface area contributed by atoms with Crippen LogP contribution in [0.4, 0.5) is 0 Å². The van der Waals surface area contributed by atoms with Crippen molar-refractivity contribution in [1.82, 2.24) is 0 Å². The van der Waals surface area contributed by atoms with Crippen molar-refractivity contribution in [2.75, 3.05) is 19.8 Å². The molecule has 0 aromatic heterocycles. The van der Waals surface area contributed by atoms with E-state index in [9.17, 15) is 0 Å². The van der Waals surface area contributed by atoms with Crippen LogP contribution in [-0.2, 0) is 15.4 Å². The minimum atomic E-state index is -1.02. The summed E-state index contributed by atoms with van der Waals surface area (Å²) < 4.78 is 17.2. The molecule has 23 heavy (non-hydrogen) atoms. The van der Waals surface area contributed by atoms with Crippen LogP contribution in [0.3, 0.4) is 0 Å². The van der Waals surface area contributed by atoms with Crippen LogP contribution < -0.4 is 10.5 Å². The Morgan fingerprint density at radius 2 is 1.87 bits per heavy atom. The molecule has 2 heterocycles. The van der Waals surface area contributed by atoms with Crippen molar-refractivity contribution in [3.8, 4) is 5.75 Å². The quantitative estimate of drug-likeness (QED) is 0.747. The highest BCUT2D eigenvalue weighted by molar-refractivity contribution is 6.02. The number of unbranched alkanes of at least 4 members (excludes halogenated alkanes) is 5. The van der Waals surface area contributed by atoms with E-state index in [-0.39, 0.29) is 0 Å². The molecule has 0 unspecified atom stereocenters. The molecule has 0 amide bonds. The van der Waals surface area contributed by atoms with Crippen LogP contribution in [0.25, 0.3) is 0 Å². The van der Waals surface area contributed by atoms with Crippen molar-refractivity contribution in [2.45, 2.75) is 51.4 Å². The molecule has 2 N–H and O–H groups in total. The normalized spacial score (nSPS) is 18.2. The van der Waals surface area contributed by atoms with E-state index >= 15 is 0 Å². The van der Waals surface area contributed by atoms with Gasteiger partial charge in [-0.2, -0.15) is 0 Å². The zero-order chi connectivity index (χ0) is 16.1. The Bertz CT molecular complexity index is 565. The molecular formula is C18H26N2O3. The number of nitrogens with zero attached hydrogens (tertiary/aromatic N) is 1. The highest BCUT2D eigenvalue weighted by Gasteiger charge is 2.45. The molecule has 3 rings (SSSR count). The van der Waals surface area contributed by atoms with Crippen LogP contribution in [0.2, 0.25) is 0 Å². The van der Waals surface area contributed by atoms with E-state index in [1.165, 1.54) is 32.1 Å². The first-order chi connectivity index (χ1) is 11.2. The van der Waals surface area contributed by atoms with Crippen molar-refractivity contribution >= 4 is 5.84 Å². The number of benzene rings is 1. The fourth-order valence-electron chi connectivity index (χ4n) is 3.07. The number of amidine groups is 1. The van der Waals surface area contributed by atoms with E-state index in [1.807, 2.05) is 18.2 Å². The largest absolute Gasteiger partial charge is 0.494 e. The second kappa shape index (κ2) is 7.32. The number of rotatable bonds is 8. The Kier molecular flexibility index (Phi) is 5.18. The zero-order valence-corrected chi connectivity index (χ0v) is 13.8. The van der Waals surface area contributed by atoms with E-state index in [0.29, 0.717) is 19.0 Å². The summed E-state index contributed by atoms with van der Waals surface area (Å²) in [4.78, 5) is 4.36.